The fourth-order valence-corrected chi connectivity index (χ4v) is 0.295. The third-order valence-corrected chi connectivity index (χ3v) is 0.844. The average molecular weight is 118 g/mol. The Kier molecular flexibility index (Phi) is 3.71. The summed E-state index contributed by atoms with van der Waals surface area (Å²) < 4.78 is 0. The molecule has 40 valence electrons. The second-order valence-electron chi connectivity index (χ2n) is 1.06. The van der Waals surface area contributed by atoms with Crippen LogP contribution in [0.3, 0.4) is 0 Å². The Labute approximate surface area is 48.7 Å². The van der Waals surface area contributed by atoms with Gasteiger partial charge in [-0.05, 0) is 6.92 Å². The molecule has 0 saturated carbocycles. The Balaban J connectivity index is 3.58. The molecule has 0 aliphatic rings. The van der Waals surface area contributed by atoms with Gasteiger partial charge in [0.2, 0.25) is 0 Å². The van der Waals surface area contributed by atoms with E-state index in [1.165, 1.54) is 0 Å². The van der Waals surface area contributed by atoms with E-state index in [0.29, 0.717) is 5.03 Å². The Morgan fingerprint density at radius 3 is 2.43 bits per heavy atom. The van der Waals surface area contributed by atoms with E-state index >= 15 is 0 Å². The summed E-state index contributed by atoms with van der Waals surface area (Å²) in [4.78, 5) is 3.68. The van der Waals surface area contributed by atoms with Crippen molar-refractivity contribution in [3.8, 4) is 0 Å². The molecule has 0 fully saturated rings. The van der Waals surface area contributed by atoms with Crippen LogP contribution in [-0.2, 0) is 0 Å². The van der Waals surface area contributed by atoms with E-state index in [9.17, 15) is 0 Å². The van der Waals surface area contributed by atoms with Gasteiger partial charge >= 0.3 is 0 Å². The van der Waals surface area contributed by atoms with E-state index in [1.807, 2.05) is 6.92 Å². The molecule has 0 aromatic rings. The highest BCUT2D eigenvalue weighted by atomic mass is 35.5. The number of hydrogen-bond donors (Lipinski definition) is 0. The zero-order valence-electron chi connectivity index (χ0n) is 4.48. The van der Waals surface area contributed by atoms with Gasteiger partial charge in [0.15, 0.2) is 0 Å². The minimum atomic E-state index is 0.683. The standard InChI is InChI=1S/C5H8ClN/c1-3-5(6)4-7-2/h3-4H,1-2H3/b5-3+,7-4-. The van der Waals surface area contributed by atoms with Crippen LogP contribution in [0.25, 0.3) is 0 Å². The van der Waals surface area contributed by atoms with Crippen LogP contribution in [0.5, 0.6) is 0 Å². The lowest BCUT2D eigenvalue weighted by Crippen LogP contribution is -1.68. The molecule has 1 nitrogen and oxygen atoms in total. The summed E-state index contributed by atoms with van der Waals surface area (Å²) in [6.07, 6.45) is 3.39. The van der Waals surface area contributed by atoms with Crippen LogP contribution in [0.1, 0.15) is 6.92 Å². The SMILES string of the molecule is C/C=C(Cl)\C=N/C. The maximum atomic E-state index is 5.48. The first-order valence-electron chi connectivity index (χ1n) is 2.05. The first-order valence-corrected chi connectivity index (χ1v) is 2.43. The summed E-state index contributed by atoms with van der Waals surface area (Å²) in [5.41, 5.74) is 0. The van der Waals surface area contributed by atoms with Crippen LogP contribution in [0.15, 0.2) is 16.1 Å². The Bertz CT molecular complexity index is 94.3. The van der Waals surface area contributed by atoms with Crippen molar-refractivity contribution >= 4 is 17.8 Å². The smallest absolute Gasteiger partial charge is 0.0541 e. The summed E-state index contributed by atoms with van der Waals surface area (Å²) in [5.74, 6) is 0. The van der Waals surface area contributed by atoms with Crippen molar-refractivity contribution in [2.75, 3.05) is 7.05 Å². The highest BCUT2D eigenvalue weighted by molar-refractivity contribution is 6.39. The normalized spacial score (nSPS) is 13.3. The minimum Gasteiger partial charge on any atom is -0.295 e. The zero-order chi connectivity index (χ0) is 5.70. The van der Waals surface area contributed by atoms with E-state index in [4.69, 9.17) is 11.6 Å². The Hall–Kier alpha value is -0.300. The van der Waals surface area contributed by atoms with Gasteiger partial charge in [-0.2, -0.15) is 0 Å². The summed E-state index contributed by atoms with van der Waals surface area (Å²) in [6, 6.07) is 0. The fourth-order valence-electron chi connectivity index (χ4n) is 0.198. The molecular formula is C5H8ClN. The monoisotopic (exact) mass is 117 g/mol. The third-order valence-electron chi connectivity index (χ3n) is 0.528. The van der Waals surface area contributed by atoms with Gasteiger partial charge in [-0.15, -0.1) is 0 Å². The molecule has 0 rings (SSSR count). The second-order valence-corrected chi connectivity index (χ2v) is 1.50. The molecule has 0 heterocycles. The summed E-state index contributed by atoms with van der Waals surface area (Å²) in [7, 11) is 1.69. The maximum Gasteiger partial charge on any atom is 0.0541 e. The number of hydrogen-bond acceptors (Lipinski definition) is 1. The number of aliphatic imine (C=N–C) groups is 1. The van der Waals surface area contributed by atoms with Crippen LogP contribution in [0, 0.1) is 0 Å². The molecular weight excluding hydrogens is 110 g/mol. The van der Waals surface area contributed by atoms with Crippen molar-refractivity contribution in [1.29, 1.82) is 0 Å². The largest absolute Gasteiger partial charge is 0.295 e. The van der Waals surface area contributed by atoms with Crippen LogP contribution in [0.4, 0.5) is 0 Å². The minimum absolute atomic E-state index is 0.683. The Morgan fingerprint density at radius 2 is 2.29 bits per heavy atom. The zero-order valence-corrected chi connectivity index (χ0v) is 5.24. The molecule has 0 radical (unpaired) electrons. The molecule has 0 unspecified atom stereocenters. The van der Waals surface area contributed by atoms with Crippen molar-refractivity contribution in [3.05, 3.63) is 11.1 Å². The van der Waals surface area contributed by atoms with E-state index in [1.54, 1.807) is 19.3 Å². The van der Waals surface area contributed by atoms with Gasteiger partial charge in [-0.25, -0.2) is 0 Å². The third kappa shape index (κ3) is 3.53. The molecule has 2 heteroatoms. The molecule has 0 aromatic heterocycles. The predicted octanol–water partition coefficient (Wildman–Crippen LogP) is 1.83. The number of halogens is 1. The number of rotatable bonds is 1. The van der Waals surface area contributed by atoms with Crippen molar-refractivity contribution in [2.45, 2.75) is 6.92 Å². The van der Waals surface area contributed by atoms with Crippen LogP contribution >= 0.6 is 11.6 Å². The highest BCUT2D eigenvalue weighted by Gasteiger charge is 1.74. The average Bonchev–Trinajstić information content (AvgIpc) is 1.68. The van der Waals surface area contributed by atoms with E-state index in [-0.39, 0.29) is 0 Å². The lowest BCUT2D eigenvalue weighted by Gasteiger charge is -1.77. The van der Waals surface area contributed by atoms with Gasteiger partial charge in [0.25, 0.3) is 0 Å². The summed E-state index contributed by atoms with van der Waals surface area (Å²) in [5, 5.41) is 0.683. The van der Waals surface area contributed by atoms with Crippen LogP contribution < -0.4 is 0 Å². The molecule has 0 aliphatic heterocycles. The summed E-state index contributed by atoms with van der Waals surface area (Å²) in [6.45, 7) is 1.87. The Morgan fingerprint density at radius 1 is 1.71 bits per heavy atom. The van der Waals surface area contributed by atoms with Gasteiger partial charge in [-0.1, -0.05) is 17.7 Å². The molecule has 0 bridgehead atoms. The molecule has 7 heavy (non-hydrogen) atoms. The molecule has 0 saturated heterocycles. The van der Waals surface area contributed by atoms with Crippen LogP contribution in [0.2, 0.25) is 0 Å². The second kappa shape index (κ2) is 3.88. The van der Waals surface area contributed by atoms with Crippen molar-refractivity contribution in [3.63, 3.8) is 0 Å². The van der Waals surface area contributed by atoms with Crippen molar-refractivity contribution in [1.82, 2.24) is 0 Å². The maximum absolute atomic E-state index is 5.48. The summed E-state index contributed by atoms with van der Waals surface area (Å²) >= 11 is 5.48. The lowest BCUT2D eigenvalue weighted by molar-refractivity contribution is 1.47. The fraction of sp³-hybridized carbons (Fsp3) is 0.400. The number of nitrogens with zero attached hydrogens (tertiary/aromatic N) is 1. The molecule has 0 aliphatic carbocycles. The van der Waals surface area contributed by atoms with E-state index < -0.39 is 0 Å². The number of allylic oxidation sites excluding steroid dienone is 2. The first-order chi connectivity index (χ1) is 3.31. The molecule has 0 spiro atoms. The van der Waals surface area contributed by atoms with E-state index in [0.717, 1.165) is 0 Å². The molecule has 0 N–H and O–H groups in total. The molecule has 0 amide bonds. The van der Waals surface area contributed by atoms with Gasteiger partial charge in [0, 0.05) is 13.3 Å². The quantitative estimate of drug-likeness (QED) is 0.465. The lowest BCUT2D eigenvalue weighted by atomic mass is 10.5. The van der Waals surface area contributed by atoms with Gasteiger partial charge < -0.3 is 0 Å². The van der Waals surface area contributed by atoms with Crippen molar-refractivity contribution < 1.29 is 0 Å². The van der Waals surface area contributed by atoms with Gasteiger partial charge in [-0.3, -0.25) is 4.99 Å². The predicted molar refractivity (Wildman–Crippen MR) is 34.0 cm³/mol. The first kappa shape index (κ1) is 6.70. The highest BCUT2D eigenvalue weighted by Crippen LogP contribution is 1.93. The molecule has 0 aromatic carbocycles. The molecule has 0 atom stereocenters. The topological polar surface area (TPSA) is 12.4 Å². The van der Waals surface area contributed by atoms with Crippen molar-refractivity contribution in [2.24, 2.45) is 4.99 Å². The van der Waals surface area contributed by atoms with Crippen LogP contribution in [-0.4, -0.2) is 13.3 Å². The van der Waals surface area contributed by atoms with E-state index in [2.05, 4.69) is 4.99 Å². The van der Waals surface area contributed by atoms with Gasteiger partial charge in [0.05, 0.1) is 5.03 Å². The van der Waals surface area contributed by atoms with Gasteiger partial charge in [0.1, 0.15) is 0 Å².